The van der Waals surface area contributed by atoms with Gasteiger partial charge in [-0.3, -0.25) is 9.67 Å². The van der Waals surface area contributed by atoms with Crippen molar-refractivity contribution in [3.63, 3.8) is 0 Å². The van der Waals surface area contributed by atoms with Crippen molar-refractivity contribution >= 4 is 22.6 Å². The Hall–Kier alpha value is -0.970. The topological polar surface area (TPSA) is 42.2 Å². The molecule has 1 atom stereocenters. The van der Waals surface area contributed by atoms with Crippen molar-refractivity contribution in [3.05, 3.63) is 12.4 Å². The Kier molecular flexibility index (Phi) is 2.77. The largest absolute Gasteiger partial charge is 0.332 e. The second-order valence-electron chi connectivity index (χ2n) is 3.28. The second kappa shape index (κ2) is 4.04. The first kappa shape index (κ1) is 9.58. The molecular weight excluding hydrogens is 196 g/mol. The van der Waals surface area contributed by atoms with Crippen LogP contribution in [0.1, 0.15) is 13.8 Å². The fraction of sp³-hybridized carbons (Fsp3) is 0.556. The van der Waals surface area contributed by atoms with Crippen LogP contribution >= 0.6 is 11.8 Å². The maximum atomic E-state index is 4.38. The molecule has 2 heterocycles. The summed E-state index contributed by atoms with van der Waals surface area (Å²) in [4.78, 5) is 4.38. The van der Waals surface area contributed by atoms with Crippen molar-refractivity contribution in [3.8, 4) is 0 Å². The maximum Gasteiger partial charge on any atom is 0.161 e. The number of hydrogen-bond acceptors (Lipinski definition) is 4. The van der Waals surface area contributed by atoms with Gasteiger partial charge in [-0.05, 0) is 6.92 Å². The van der Waals surface area contributed by atoms with E-state index in [9.17, 15) is 0 Å². The Labute approximate surface area is 87.8 Å². The normalized spacial score (nSPS) is 21.0. The molecule has 5 heteroatoms. The lowest BCUT2D eigenvalue weighted by atomic mass is 10.5. The zero-order valence-corrected chi connectivity index (χ0v) is 9.21. The predicted octanol–water partition coefficient (Wildman–Crippen LogP) is 1.81. The molecule has 0 radical (unpaired) electrons. The van der Waals surface area contributed by atoms with E-state index in [-0.39, 0.29) is 0 Å². The minimum absolute atomic E-state index is 0.596. The van der Waals surface area contributed by atoms with Gasteiger partial charge in [0.15, 0.2) is 5.17 Å². The van der Waals surface area contributed by atoms with Crippen LogP contribution in [0.5, 0.6) is 0 Å². The van der Waals surface area contributed by atoms with Crippen LogP contribution in [0.25, 0.3) is 0 Å². The van der Waals surface area contributed by atoms with Gasteiger partial charge in [0.05, 0.1) is 18.4 Å². The van der Waals surface area contributed by atoms with Crippen molar-refractivity contribution in [2.45, 2.75) is 25.6 Å². The first-order valence-corrected chi connectivity index (χ1v) is 5.66. The summed E-state index contributed by atoms with van der Waals surface area (Å²) in [6.07, 6.45) is 3.82. The van der Waals surface area contributed by atoms with Gasteiger partial charge >= 0.3 is 0 Å². The smallest absolute Gasteiger partial charge is 0.161 e. The molecule has 0 bridgehead atoms. The number of nitrogens with one attached hydrogen (secondary N) is 1. The molecule has 14 heavy (non-hydrogen) atoms. The number of anilines is 1. The molecule has 1 unspecified atom stereocenters. The SMILES string of the molecule is CCn1cc(NC2=NCC(C)S2)cn1. The van der Waals surface area contributed by atoms with E-state index in [1.54, 1.807) is 11.8 Å². The molecule has 1 aromatic rings. The zero-order valence-electron chi connectivity index (χ0n) is 8.40. The molecule has 0 saturated carbocycles. The Morgan fingerprint density at radius 3 is 3.14 bits per heavy atom. The number of aliphatic imine (C=N–C) groups is 1. The molecule has 1 aromatic heterocycles. The average molecular weight is 210 g/mol. The van der Waals surface area contributed by atoms with Crippen LogP contribution in [-0.4, -0.2) is 26.7 Å². The molecule has 76 valence electrons. The maximum absolute atomic E-state index is 4.38. The van der Waals surface area contributed by atoms with Gasteiger partial charge in [0.2, 0.25) is 0 Å². The number of amidine groups is 1. The molecule has 0 aliphatic carbocycles. The lowest BCUT2D eigenvalue weighted by molar-refractivity contribution is 0.660. The van der Waals surface area contributed by atoms with Crippen molar-refractivity contribution < 1.29 is 0 Å². The van der Waals surface area contributed by atoms with Gasteiger partial charge in [-0.2, -0.15) is 5.10 Å². The monoisotopic (exact) mass is 210 g/mol. The van der Waals surface area contributed by atoms with Crippen molar-refractivity contribution in [2.24, 2.45) is 4.99 Å². The van der Waals surface area contributed by atoms with Crippen LogP contribution in [0.2, 0.25) is 0 Å². The third-order valence-corrected chi connectivity index (χ3v) is 3.02. The molecule has 1 aliphatic heterocycles. The third-order valence-electron chi connectivity index (χ3n) is 2.01. The van der Waals surface area contributed by atoms with E-state index in [0.717, 1.165) is 23.9 Å². The molecular formula is C9H14N4S. The van der Waals surface area contributed by atoms with E-state index in [1.165, 1.54) is 0 Å². The van der Waals surface area contributed by atoms with Crippen molar-refractivity contribution in [2.75, 3.05) is 11.9 Å². The van der Waals surface area contributed by atoms with Gasteiger partial charge in [0.25, 0.3) is 0 Å². The predicted molar refractivity (Wildman–Crippen MR) is 60.9 cm³/mol. The number of hydrogen-bond donors (Lipinski definition) is 1. The number of rotatable bonds is 2. The minimum Gasteiger partial charge on any atom is -0.332 e. The fourth-order valence-corrected chi connectivity index (χ4v) is 2.13. The molecule has 1 N–H and O–H groups in total. The van der Waals surface area contributed by atoms with Gasteiger partial charge in [-0.1, -0.05) is 18.7 Å². The number of thioether (sulfide) groups is 1. The summed E-state index contributed by atoms with van der Waals surface area (Å²) in [5.41, 5.74) is 1.02. The number of nitrogens with zero attached hydrogens (tertiary/aromatic N) is 3. The van der Waals surface area contributed by atoms with Crippen LogP contribution in [0.3, 0.4) is 0 Å². The average Bonchev–Trinajstić information content (AvgIpc) is 2.76. The summed E-state index contributed by atoms with van der Waals surface area (Å²) in [6.45, 7) is 6.06. The van der Waals surface area contributed by atoms with Crippen LogP contribution < -0.4 is 5.32 Å². The first-order chi connectivity index (χ1) is 6.78. The minimum atomic E-state index is 0.596. The van der Waals surface area contributed by atoms with E-state index in [1.807, 2.05) is 17.1 Å². The molecule has 4 nitrogen and oxygen atoms in total. The molecule has 0 spiro atoms. The lowest BCUT2D eigenvalue weighted by Crippen LogP contribution is -2.05. The summed E-state index contributed by atoms with van der Waals surface area (Å²) >= 11 is 1.78. The highest BCUT2D eigenvalue weighted by molar-refractivity contribution is 8.15. The van der Waals surface area contributed by atoms with Gasteiger partial charge < -0.3 is 5.32 Å². The molecule has 2 rings (SSSR count). The summed E-state index contributed by atoms with van der Waals surface area (Å²) in [6, 6.07) is 0. The highest BCUT2D eigenvalue weighted by atomic mass is 32.2. The molecule has 0 amide bonds. The quantitative estimate of drug-likeness (QED) is 0.809. The summed E-state index contributed by atoms with van der Waals surface area (Å²) < 4.78 is 1.89. The van der Waals surface area contributed by atoms with Gasteiger partial charge in [0, 0.05) is 18.0 Å². The summed E-state index contributed by atoms with van der Waals surface area (Å²) in [7, 11) is 0. The first-order valence-electron chi connectivity index (χ1n) is 4.78. The van der Waals surface area contributed by atoms with Crippen molar-refractivity contribution in [1.82, 2.24) is 9.78 Å². The Bertz CT molecular complexity index is 344. The zero-order chi connectivity index (χ0) is 9.97. The standard InChI is InChI=1S/C9H14N4S/c1-3-13-6-8(5-11-13)12-9-10-4-7(2)14-9/h5-7H,3-4H2,1-2H3,(H,10,12). The Balaban J connectivity index is 1.97. The van der Waals surface area contributed by atoms with E-state index in [2.05, 4.69) is 29.3 Å². The highest BCUT2D eigenvalue weighted by Crippen LogP contribution is 2.21. The van der Waals surface area contributed by atoms with E-state index >= 15 is 0 Å². The Morgan fingerprint density at radius 1 is 1.71 bits per heavy atom. The summed E-state index contributed by atoms with van der Waals surface area (Å²) in [5.74, 6) is 0. The molecule has 1 aliphatic rings. The van der Waals surface area contributed by atoms with Crippen LogP contribution in [0, 0.1) is 0 Å². The molecule has 0 aromatic carbocycles. The number of aryl methyl sites for hydroxylation is 1. The number of aromatic nitrogens is 2. The van der Waals surface area contributed by atoms with E-state index in [0.29, 0.717) is 5.25 Å². The van der Waals surface area contributed by atoms with Gasteiger partial charge in [-0.25, -0.2) is 0 Å². The van der Waals surface area contributed by atoms with Crippen LogP contribution in [-0.2, 0) is 6.54 Å². The van der Waals surface area contributed by atoms with E-state index in [4.69, 9.17) is 0 Å². The molecule has 0 fully saturated rings. The van der Waals surface area contributed by atoms with Gasteiger partial charge in [0.1, 0.15) is 0 Å². The second-order valence-corrected chi connectivity index (χ2v) is 4.71. The van der Waals surface area contributed by atoms with Gasteiger partial charge in [-0.15, -0.1) is 0 Å². The van der Waals surface area contributed by atoms with Crippen molar-refractivity contribution in [1.29, 1.82) is 0 Å². The highest BCUT2D eigenvalue weighted by Gasteiger charge is 2.14. The molecule has 0 saturated heterocycles. The van der Waals surface area contributed by atoms with E-state index < -0.39 is 0 Å². The van der Waals surface area contributed by atoms with Crippen LogP contribution in [0.15, 0.2) is 17.4 Å². The third kappa shape index (κ3) is 2.09. The summed E-state index contributed by atoms with van der Waals surface area (Å²) in [5, 5.41) is 9.04. The van der Waals surface area contributed by atoms with Crippen LogP contribution in [0.4, 0.5) is 5.69 Å². The lowest BCUT2D eigenvalue weighted by Gasteiger charge is -2.01. The fourth-order valence-electron chi connectivity index (χ4n) is 1.27. The Morgan fingerprint density at radius 2 is 2.57 bits per heavy atom.